The zero-order valence-corrected chi connectivity index (χ0v) is 25.7. The van der Waals surface area contributed by atoms with Crippen LogP contribution in [-0.4, -0.2) is 47.4 Å². The molecule has 2 unspecified atom stereocenters. The van der Waals surface area contributed by atoms with Crippen molar-refractivity contribution in [3.8, 4) is 5.75 Å². The second-order valence-electron chi connectivity index (χ2n) is 11.6. The Morgan fingerprint density at radius 2 is 1.29 bits per heavy atom. The Hall–Kier alpha value is -5.10. The summed E-state index contributed by atoms with van der Waals surface area (Å²) in [5.74, 6) is -0.129. The Bertz CT molecular complexity index is 1860. The normalized spacial score (nSPS) is 17.1. The largest absolute Gasteiger partial charge is 0.486 e. The molecule has 4 aromatic carbocycles. The van der Waals surface area contributed by atoms with Crippen molar-refractivity contribution in [2.45, 2.75) is 30.9 Å². The Morgan fingerprint density at radius 3 is 1.88 bits per heavy atom. The number of benzene rings is 4. The van der Waals surface area contributed by atoms with Gasteiger partial charge >= 0.3 is 18.4 Å². The van der Waals surface area contributed by atoms with Crippen LogP contribution >= 0.6 is 0 Å². The van der Waals surface area contributed by atoms with Gasteiger partial charge in [0.25, 0.3) is 0 Å². The van der Waals surface area contributed by atoms with Crippen molar-refractivity contribution in [3.63, 3.8) is 0 Å². The Labute approximate surface area is 272 Å². The van der Waals surface area contributed by atoms with Gasteiger partial charge in [-0.3, -0.25) is 9.69 Å². The van der Waals surface area contributed by atoms with Crippen LogP contribution in [0, 0.1) is 0 Å². The topological polar surface area (TPSA) is 53.1 Å². The predicted molar refractivity (Wildman–Crippen MR) is 165 cm³/mol. The van der Waals surface area contributed by atoms with Crippen LogP contribution in [0.1, 0.15) is 56.7 Å². The summed E-state index contributed by atoms with van der Waals surface area (Å²) in [6.45, 7) is 0.153. The van der Waals surface area contributed by atoms with Gasteiger partial charge in [-0.2, -0.15) is 26.3 Å². The molecule has 2 aliphatic rings. The molecule has 6 nitrogen and oxygen atoms in total. The van der Waals surface area contributed by atoms with E-state index in [-0.39, 0.29) is 30.1 Å². The van der Waals surface area contributed by atoms with E-state index in [1.807, 2.05) is 18.2 Å². The second kappa shape index (κ2) is 12.5. The Balaban J connectivity index is 1.34. The standard InChI is InChI=1S/C36H29F6N3O3/c1-43(21-20-29(22-8-4-3-5-9-22)48-26-18-16-25(17-19-26)36(40,41)42)45-31(23-12-14-24(15-13-23)35(37,38)39)30-32(44(2)34(45)47)27-10-6-7-11-28(27)33(30)46/h3-19,29,31H,20-21H2,1-2H3. The van der Waals surface area contributed by atoms with Crippen LogP contribution < -0.4 is 4.74 Å². The van der Waals surface area contributed by atoms with Crippen molar-refractivity contribution in [1.82, 2.24) is 14.9 Å². The van der Waals surface area contributed by atoms with E-state index in [9.17, 15) is 35.9 Å². The SMILES string of the molecule is CN1C(=O)N(N(C)CCC(Oc2ccc(C(F)(F)F)cc2)c2ccccc2)C(c2ccc(C(F)(F)F)cc2)C2=C1c1ccccc1C2=O. The fraction of sp³-hybridized carbons (Fsp3) is 0.222. The number of Topliss-reactive ketones (excluding diaryl/α,β-unsaturated/α-hetero) is 1. The highest BCUT2D eigenvalue weighted by molar-refractivity contribution is 6.23. The van der Waals surface area contributed by atoms with E-state index in [2.05, 4.69) is 0 Å². The molecular formula is C36H29F6N3O3. The molecule has 0 saturated heterocycles. The summed E-state index contributed by atoms with van der Waals surface area (Å²) in [6.07, 6.45) is -9.50. The zero-order chi connectivity index (χ0) is 34.4. The Morgan fingerprint density at radius 1 is 0.750 bits per heavy atom. The van der Waals surface area contributed by atoms with Crippen molar-refractivity contribution in [3.05, 3.63) is 142 Å². The van der Waals surface area contributed by atoms with E-state index in [1.54, 1.807) is 48.5 Å². The van der Waals surface area contributed by atoms with Gasteiger partial charge in [0.15, 0.2) is 5.78 Å². The van der Waals surface area contributed by atoms with Crippen LogP contribution in [0.3, 0.4) is 0 Å². The number of urea groups is 1. The summed E-state index contributed by atoms with van der Waals surface area (Å²) < 4.78 is 86.0. The first kappa shape index (κ1) is 32.8. The Kier molecular flexibility index (Phi) is 8.54. The first-order valence-corrected chi connectivity index (χ1v) is 15.0. The van der Waals surface area contributed by atoms with Crippen LogP contribution in [0.4, 0.5) is 31.1 Å². The van der Waals surface area contributed by atoms with Gasteiger partial charge in [-0.15, -0.1) is 0 Å². The molecule has 1 aliphatic carbocycles. The molecule has 2 atom stereocenters. The number of halogens is 6. The first-order valence-electron chi connectivity index (χ1n) is 15.0. The minimum absolute atomic E-state index is 0.153. The van der Waals surface area contributed by atoms with Crippen LogP contribution in [-0.2, 0) is 12.4 Å². The lowest BCUT2D eigenvalue weighted by Crippen LogP contribution is -2.55. The van der Waals surface area contributed by atoms with Gasteiger partial charge in [0.05, 0.1) is 22.4 Å². The summed E-state index contributed by atoms with van der Waals surface area (Å²) in [7, 11) is 3.17. The van der Waals surface area contributed by atoms with Gasteiger partial charge in [0, 0.05) is 38.2 Å². The van der Waals surface area contributed by atoms with E-state index in [0.717, 1.165) is 29.8 Å². The van der Waals surface area contributed by atoms with E-state index in [4.69, 9.17) is 4.74 Å². The highest BCUT2D eigenvalue weighted by Gasteiger charge is 2.48. The third-order valence-corrected chi connectivity index (χ3v) is 8.53. The minimum Gasteiger partial charge on any atom is -0.486 e. The summed E-state index contributed by atoms with van der Waals surface area (Å²) in [5, 5.41) is 2.94. The lowest BCUT2D eigenvalue weighted by atomic mass is 9.92. The third-order valence-electron chi connectivity index (χ3n) is 8.53. The molecule has 1 aliphatic heterocycles. The summed E-state index contributed by atoms with van der Waals surface area (Å²) >= 11 is 0. The lowest BCUT2D eigenvalue weighted by Gasteiger charge is -2.45. The van der Waals surface area contributed by atoms with Gasteiger partial charge in [0.1, 0.15) is 17.9 Å². The van der Waals surface area contributed by atoms with Crippen molar-refractivity contribution in [1.29, 1.82) is 0 Å². The highest BCUT2D eigenvalue weighted by atomic mass is 19.4. The maximum absolute atomic E-state index is 14.1. The lowest BCUT2D eigenvalue weighted by molar-refractivity contribution is -0.138. The van der Waals surface area contributed by atoms with Crippen molar-refractivity contribution >= 4 is 17.5 Å². The number of hydrazine groups is 1. The molecule has 6 rings (SSSR count). The van der Waals surface area contributed by atoms with Crippen LogP contribution in [0.15, 0.2) is 109 Å². The van der Waals surface area contributed by atoms with E-state index in [1.165, 1.54) is 41.2 Å². The number of carbonyl (C=O) groups excluding carboxylic acids is 2. The smallest absolute Gasteiger partial charge is 0.416 e. The molecule has 12 heteroatoms. The number of rotatable bonds is 8. The zero-order valence-electron chi connectivity index (χ0n) is 25.7. The van der Waals surface area contributed by atoms with Gasteiger partial charge in [-0.25, -0.2) is 14.8 Å². The third kappa shape index (κ3) is 6.15. The first-order chi connectivity index (χ1) is 22.8. The molecule has 0 spiro atoms. The molecule has 2 amide bonds. The number of carbonyl (C=O) groups is 2. The number of amides is 2. The fourth-order valence-electron chi connectivity index (χ4n) is 6.15. The number of ether oxygens (including phenoxy) is 1. The fourth-order valence-corrected chi connectivity index (χ4v) is 6.15. The van der Waals surface area contributed by atoms with Gasteiger partial charge in [-0.1, -0.05) is 66.7 Å². The highest BCUT2D eigenvalue weighted by Crippen LogP contribution is 2.47. The summed E-state index contributed by atoms with van der Waals surface area (Å²) in [5.41, 5.74) is 0.953. The van der Waals surface area contributed by atoms with Crippen molar-refractivity contribution in [2.24, 2.45) is 0 Å². The van der Waals surface area contributed by atoms with Gasteiger partial charge in [0.2, 0.25) is 0 Å². The number of hydrogen-bond acceptors (Lipinski definition) is 4. The molecule has 0 fully saturated rings. The van der Waals surface area contributed by atoms with Crippen molar-refractivity contribution < 1.29 is 40.7 Å². The monoisotopic (exact) mass is 665 g/mol. The molecule has 248 valence electrons. The van der Waals surface area contributed by atoms with Gasteiger partial charge < -0.3 is 4.74 Å². The molecule has 4 aromatic rings. The van der Waals surface area contributed by atoms with Crippen LogP contribution in [0.2, 0.25) is 0 Å². The molecular weight excluding hydrogens is 636 g/mol. The van der Waals surface area contributed by atoms with Crippen LogP contribution in [0.25, 0.3) is 5.70 Å². The predicted octanol–water partition coefficient (Wildman–Crippen LogP) is 8.80. The number of fused-ring (bicyclic) bond motifs is 2. The molecule has 0 radical (unpaired) electrons. The average Bonchev–Trinajstić information content (AvgIpc) is 3.36. The molecule has 0 N–H and O–H groups in total. The van der Waals surface area contributed by atoms with E-state index < -0.39 is 41.7 Å². The number of hydrogen-bond donors (Lipinski definition) is 0. The van der Waals surface area contributed by atoms with E-state index >= 15 is 0 Å². The number of nitrogens with zero attached hydrogens (tertiary/aromatic N) is 3. The van der Waals surface area contributed by atoms with Crippen molar-refractivity contribution in [2.75, 3.05) is 20.6 Å². The summed E-state index contributed by atoms with van der Waals surface area (Å²) in [6, 6.07) is 23.0. The second-order valence-corrected chi connectivity index (χ2v) is 11.6. The molecule has 0 saturated carbocycles. The van der Waals surface area contributed by atoms with Crippen LogP contribution in [0.5, 0.6) is 5.75 Å². The summed E-state index contributed by atoms with van der Waals surface area (Å²) in [4.78, 5) is 29.4. The molecule has 48 heavy (non-hydrogen) atoms. The molecule has 0 aromatic heterocycles. The average molecular weight is 666 g/mol. The van der Waals surface area contributed by atoms with E-state index in [0.29, 0.717) is 22.4 Å². The maximum atomic E-state index is 14.1. The molecule has 1 heterocycles. The maximum Gasteiger partial charge on any atom is 0.416 e. The van der Waals surface area contributed by atoms with Gasteiger partial charge in [-0.05, 0) is 47.5 Å². The molecule has 0 bridgehead atoms. The number of alkyl halides is 6. The quantitative estimate of drug-likeness (QED) is 0.177. The minimum atomic E-state index is -4.58. The number of ketones is 1.